The van der Waals surface area contributed by atoms with Crippen LogP contribution < -0.4 is 10.5 Å². The molecule has 126 valence electrons. The highest BCUT2D eigenvalue weighted by atomic mass is 19.1. The summed E-state index contributed by atoms with van der Waals surface area (Å²) in [7, 11) is 1.59. The molecule has 0 unspecified atom stereocenters. The van der Waals surface area contributed by atoms with Crippen LogP contribution >= 0.6 is 0 Å². The Morgan fingerprint density at radius 1 is 1.25 bits per heavy atom. The number of carbonyl (C=O) groups excluding carboxylic acids is 1. The zero-order valence-corrected chi connectivity index (χ0v) is 13.9. The van der Waals surface area contributed by atoms with Gasteiger partial charge in [0.1, 0.15) is 17.7 Å². The largest absolute Gasteiger partial charge is 0.497 e. The van der Waals surface area contributed by atoms with Crippen LogP contribution in [-0.4, -0.2) is 13.2 Å². The van der Waals surface area contributed by atoms with Crippen LogP contribution in [0.3, 0.4) is 0 Å². The number of methoxy groups -OCH3 is 1. The normalized spacial score (nSPS) is 18.1. The van der Waals surface area contributed by atoms with Gasteiger partial charge >= 0.3 is 6.09 Å². The molecule has 0 radical (unpaired) electrons. The molecule has 3 rings (SSSR count). The van der Waals surface area contributed by atoms with Crippen molar-refractivity contribution in [1.29, 1.82) is 0 Å². The van der Waals surface area contributed by atoms with Crippen LogP contribution in [0.1, 0.15) is 31.1 Å². The molecule has 2 aromatic rings. The Labute approximate surface area is 140 Å². The molecule has 1 amide bonds. The zero-order valence-electron chi connectivity index (χ0n) is 13.9. The second-order valence-corrected chi connectivity index (χ2v) is 6.74. The van der Waals surface area contributed by atoms with Crippen molar-refractivity contribution in [2.45, 2.75) is 26.4 Å². The second-order valence-electron chi connectivity index (χ2n) is 6.74. The summed E-state index contributed by atoms with van der Waals surface area (Å²) in [6, 6.07) is 10.5. The van der Waals surface area contributed by atoms with E-state index >= 15 is 0 Å². The standard InChI is InChI=1S/C19H20FNO3/c1-19(2)10-12-8-14(11-4-6-13(23-3)7-5-11)16(20)9-15(12)17(19)24-18(21)22/h4-9,17H,10H2,1-3H3,(H2,21,22)/t17-/m0/s1. The molecule has 0 heterocycles. The Bertz CT molecular complexity index is 784. The Morgan fingerprint density at radius 3 is 2.50 bits per heavy atom. The summed E-state index contributed by atoms with van der Waals surface area (Å²) in [6.07, 6.45) is -0.700. The number of rotatable bonds is 3. The Balaban J connectivity index is 2.03. The fraction of sp³-hybridized carbons (Fsp3) is 0.316. The quantitative estimate of drug-likeness (QED) is 0.917. The van der Waals surface area contributed by atoms with Crippen molar-refractivity contribution >= 4 is 6.09 Å². The van der Waals surface area contributed by atoms with E-state index < -0.39 is 12.2 Å². The van der Waals surface area contributed by atoms with Crippen molar-refractivity contribution in [2.24, 2.45) is 11.1 Å². The Kier molecular flexibility index (Phi) is 3.95. The molecule has 0 spiro atoms. The fourth-order valence-electron chi connectivity index (χ4n) is 3.37. The lowest BCUT2D eigenvalue weighted by atomic mass is 9.87. The lowest BCUT2D eigenvalue weighted by Crippen LogP contribution is -2.25. The zero-order chi connectivity index (χ0) is 17.5. The molecule has 0 aliphatic heterocycles. The summed E-state index contributed by atoms with van der Waals surface area (Å²) >= 11 is 0. The monoisotopic (exact) mass is 329 g/mol. The first-order chi connectivity index (χ1) is 11.3. The van der Waals surface area contributed by atoms with E-state index in [1.807, 2.05) is 32.0 Å². The molecule has 0 aromatic heterocycles. The van der Waals surface area contributed by atoms with Crippen molar-refractivity contribution in [3.05, 3.63) is 53.3 Å². The van der Waals surface area contributed by atoms with E-state index in [1.54, 1.807) is 19.2 Å². The van der Waals surface area contributed by atoms with Gasteiger partial charge in [-0.3, -0.25) is 0 Å². The number of fused-ring (bicyclic) bond motifs is 1. The third kappa shape index (κ3) is 2.82. The third-order valence-electron chi connectivity index (χ3n) is 4.50. The minimum absolute atomic E-state index is 0.331. The predicted molar refractivity (Wildman–Crippen MR) is 89.3 cm³/mol. The first-order valence-corrected chi connectivity index (χ1v) is 7.74. The molecule has 0 bridgehead atoms. The van der Waals surface area contributed by atoms with E-state index in [2.05, 4.69) is 0 Å². The minimum atomic E-state index is -0.847. The lowest BCUT2D eigenvalue weighted by Gasteiger charge is -2.26. The van der Waals surface area contributed by atoms with Crippen LogP contribution in [0.25, 0.3) is 11.1 Å². The van der Waals surface area contributed by atoms with Crippen LogP contribution in [0, 0.1) is 11.2 Å². The maximum Gasteiger partial charge on any atom is 0.405 e. The number of halogens is 1. The Hall–Kier alpha value is -2.56. The molecule has 4 nitrogen and oxygen atoms in total. The number of hydrogen-bond acceptors (Lipinski definition) is 3. The molecular formula is C19H20FNO3. The molecule has 1 aliphatic carbocycles. The van der Waals surface area contributed by atoms with E-state index in [0.29, 0.717) is 17.5 Å². The molecule has 0 fully saturated rings. The molecule has 0 saturated carbocycles. The third-order valence-corrected chi connectivity index (χ3v) is 4.50. The van der Waals surface area contributed by atoms with Gasteiger partial charge in [-0.1, -0.05) is 26.0 Å². The first-order valence-electron chi connectivity index (χ1n) is 7.74. The van der Waals surface area contributed by atoms with Crippen molar-refractivity contribution < 1.29 is 18.7 Å². The number of ether oxygens (including phenoxy) is 2. The molecule has 0 saturated heterocycles. The fourth-order valence-corrected chi connectivity index (χ4v) is 3.37. The van der Waals surface area contributed by atoms with Crippen LogP contribution in [0.2, 0.25) is 0 Å². The predicted octanol–water partition coefficient (Wildman–Crippen LogP) is 4.22. The molecule has 24 heavy (non-hydrogen) atoms. The summed E-state index contributed by atoms with van der Waals surface area (Å²) < 4.78 is 25.0. The van der Waals surface area contributed by atoms with E-state index in [-0.39, 0.29) is 11.2 Å². The van der Waals surface area contributed by atoms with Crippen molar-refractivity contribution in [2.75, 3.05) is 7.11 Å². The van der Waals surface area contributed by atoms with Crippen LogP contribution in [-0.2, 0) is 11.2 Å². The highest BCUT2D eigenvalue weighted by Crippen LogP contribution is 2.48. The smallest absolute Gasteiger partial charge is 0.405 e. The first kappa shape index (κ1) is 16.3. The molecule has 2 N–H and O–H groups in total. The molecule has 2 aromatic carbocycles. The summed E-state index contributed by atoms with van der Waals surface area (Å²) in [5.41, 5.74) is 7.79. The second kappa shape index (κ2) is 5.82. The Morgan fingerprint density at radius 2 is 1.92 bits per heavy atom. The maximum atomic E-state index is 14.7. The van der Waals surface area contributed by atoms with E-state index in [4.69, 9.17) is 15.2 Å². The van der Waals surface area contributed by atoms with Gasteiger partial charge in [0, 0.05) is 11.0 Å². The summed E-state index contributed by atoms with van der Waals surface area (Å²) in [5.74, 6) is 0.367. The van der Waals surface area contributed by atoms with Gasteiger partial charge in [-0.2, -0.15) is 0 Å². The topological polar surface area (TPSA) is 61.6 Å². The van der Waals surface area contributed by atoms with Gasteiger partial charge in [-0.25, -0.2) is 9.18 Å². The molecular weight excluding hydrogens is 309 g/mol. The van der Waals surface area contributed by atoms with Crippen molar-refractivity contribution in [3.8, 4) is 16.9 Å². The average molecular weight is 329 g/mol. The lowest BCUT2D eigenvalue weighted by molar-refractivity contribution is 0.0391. The summed E-state index contributed by atoms with van der Waals surface area (Å²) in [5, 5.41) is 0. The SMILES string of the molecule is COc1ccc(-c2cc3c(cc2F)[C@H](OC(N)=O)C(C)(C)C3)cc1. The van der Waals surface area contributed by atoms with Crippen LogP contribution in [0.4, 0.5) is 9.18 Å². The number of benzene rings is 2. The van der Waals surface area contributed by atoms with E-state index in [9.17, 15) is 9.18 Å². The van der Waals surface area contributed by atoms with Crippen molar-refractivity contribution in [3.63, 3.8) is 0 Å². The maximum absolute atomic E-state index is 14.7. The average Bonchev–Trinajstić information content (AvgIpc) is 2.76. The minimum Gasteiger partial charge on any atom is -0.497 e. The van der Waals surface area contributed by atoms with Gasteiger partial charge in [0.15, 0.2) is 0 Å². The van der Waals surface area contributed by atoms with Crippen molar-refractivity contribution in [1.82, 2.24) is 0 Å². The highest BCUT2D eigenvalue weighted by Gasteiger charge is 2.42. The number of amides is 1. The molecule has 5 heteroatoms. The number of carbonyl (C=O) groups is 1. The number of primary amides is 1. The molecule has 1 aliphatic rings. The van der Waals surface area contributed by atoms with Gasteiger partial charge in [0.2, 0.25) is 0 Å². The summed E-state index contributed by atoms with van der Waals surface area (Å²) in [4.78, 5) is 11.2. The summed E-state index contributed by atoms with van der Waals surface area (Å²) in [6.45, 7) is 3.96. The number of hydrogen-bond donors (Lipinski definition) is 1. The van der Waals surface area contributed by atoms with Gasteiger partial charge in [0.25, 0.3) is 0 Å². The van der Waals surface area contributed by atoms with Gasteiger partial charge in [-0.05, 0) is 47.4 Å². The van der Waals surface area contributed by atoms with E-state index in [1.165, 1.54) is 6.07 Å². The molecule has 1 atom stereocenters. The highest BCUT2D eigenvalue weighted by molar-refractivity contribution is 5.68. The number of nitrogens with two attached hydrogens (primary N) is 1. The van der Waals surface area contributed by atoms with Gasteiger partial charge in [0.05, 0.1) is 7.11 Å². The van der Waals surface area contributed by atoms with Crippen LogP contribution in [0.5, 0.6) is 5.75 Å². The van der Waals surface area contributed by atoms with Crippen LogP contribution in [0.15, 0.2) is 36.4 Å². The van der Waals surface area contributed by atoms with Gasteiger partial charge in [-0.15, -0.1) is 0 Å². The van der Waals surface area contributed by atoms with Gasteiger partial charge < -0.3 is 15.2 Å². The van der Waals surface area contributed by atoms with E-state index in [0.717, 1.165) is 16.9 Å².